The summed E-state index contributed by atoms with van der Waals surface area (Å²) in [4.78, 5) is 11.1. The Labute approximate surface area is 148 Å². The van der Waals surface area contributed by atoms with Crippen LogP contribution in [0.4, 0.5) is 5.69 Å². The molecule has 0 bridgehead atoms. The van der Waals surface area contributed by atoms with Crippen molar-refractivity contribution in [1.82, 2.24) is 0 Å². The van der Waals surface area contributed by atoms with Crippen molar-refractivity contribution in [2.45, 2.75) is 4.90 Å². The number of carboxylic acids is 1. The molecule has 0 atom stereocenters. The topological polar surface area (TPSA) is 127 Å². The standard InChI is InChI=1S/C18H12N2O5S/c19-10-11-4-3-5-12(8-11)20-26(24,25)16-9-15(18(22)23)17(21)14-7-2-1-6-13(14)16/h1-9,20-21H,(H,22,23). The van der Waals surface area contributed by atoms with E-state index >= 15 is 0 Å². The molecule has 0 aliphatic rings. The van der Waals surface area contributed by atoms with Gasteiger partial charge in [-0.15, -0.1) is 0 Å². The van der Waals surface area contributed by atoms with Gasteiger partial charge < -0.3 is 10.2 Å². The van der Waals surface area contributed by atoms with E-state index in [0.717, 1.165) is 6.07 Å². The van der Waals surface area contributed by atoms with E-state index < -0.39 is 27.3 Å². The number of benzene rings is 3. The summed E-state index contributed by atoms with van der Waals surface area (Å²) in [5.41, 5.74) is -0.0834. The molecule has 0 aliphatic carbocycles. The van der Waals surface area contributed by atoms with Crippen LogP contribution in [0.25, 0.3) is 10.8 Å². The molecule has 0 aliphatic heterocycles. The fourth-order valence-corrected chi connectivity index (χ4v) is 3.86. The van der Waals surface area contributed by atoms with Gasteiger partial charge in [0.15, 0.2) is 0 Å². The third-order valence-corrected chi connectivity index (χ3v) is 5.16. The summed E-state index contributed by atoms with van der Waals surface area (Å²) in [5.74, 6) is -1.95. The van der Waals surface area contributed by atoms with Gasteiger partial charge in [-0.3, -0.25) is 4.72 Å². The summed E-state index contributed by atoms with van der Waals surface area (Å²) < 4.78 is 28.0. The number of anilines is 1. The van der Waals surface area contributed by atoms with Crippen molar-refractivity contribution in [3.63, 3.8) is 0 Å². The lowest BCUT2D eigenvalue weighted by atomic mass is 10.1. The molecule has 3 N–H and O–H groups in total. The van der Waals surface area contributed by atoms with Gasteiger partial charge in [0.25, 0.3) is 10.0 Å². The minimum atomic E-state index is -4.17. The summed E-state index contributed by atoms with van der Waals surface area (Å²) >= 11 is 0. The average Bonchev–Trinajstić information content (AvgIpc) is 2.61. The van der Waals surface area contributed by atoms with Crippen LogP contribution in [0.5, 0.6) is 5.75 Å². The molecule has 26 heavy (non-hydrogen) atoms. The maximum absolute atomic E-state index is 12.8. The number of nitriles is 1. The monoisotopic (exact) mass is 368 g/mol. The minimum absolute atomic E-state index is 0.110. The van der Waals surface area contributed by atoms with Gasteiger partial charge in [-0.2, -0.15) is 5.26 Å². The second-order valence-electron chi connectivity index (χ2n) is 5.42. The van der Waals surface area contributed by atoms with Crippen molar-refractivity contribution < 1.29 is 23.4 Å². The van der Waals surface area contributed by atoms with Gasteiger partial charge in [0, 0.05) is 10.8 Å². The first-order valence-electron chi connectivity index (χ1n) is 7.34. The number of aromatic carboxylic acids is 1. The first-order chi connectivity index (χ1) is 12.3. The SMILES string of the molecule is N#Cc1cccc(NS(=O)(=O)c2cc(C(=O)O)c(O)c3ccccc23)c1. The van der Waals surface area contributed by atoms with Crippen LogP contribution >= 0.6 is 0 Å². The molecule has 0 amide bonds. The van der Waals surface area contributed by atoms with Crippen LogP contribution in [0.3, 0.4) is 0 Å². The first-order valence-corrected chi connectivity index (χ1v) is 8.83. The van der Waals surface area contributed by atoms with Crippen LogP contribution in [0.15, 0.2) is 59.5 Å². The summed E-state index contributed by atoms with van der Waals surface area (Å²) in [6.07, 6.45) is 0. The van der Waals surface area contributed by atoms with Crippen LogP contribution in [-0.4, -0.2) is 24.6 Å². The van der Waals surface area contributed by atoms with Gasteiger partial charge in [0.05, 0.1) is 22.2 Å². The van der Waals surface area contributed by atoms with Gasteiger partial charge in [-0.05, 0) is 24.3 Å². The van der Waals surface area contributed by atoms with Crippen molar-refractivity contribution in [3.8, 4) is 11.8 Å². The Hall–Kier alpha value is -3.57. The molecule has 130 valence electrons. The summed E-state index contributed by atoms with van der Waals surface area (Å²) in [6.45, 7) is 0. The molecular weight excluding hydrogens is 356 g/mol. The number of hydrogen-bond acceptors (Lipinski definition) is 5. The third kappa shape index (κ3) is 3.03. The summed E-state index contributed by atoms with van der Waals surface area (Å²) in [7, 11) is -4.17. The first kappa shape index (κ1) is 17.3. The van der Waals surface area contributed by atoms with Crippen LogP contribution in [0.1, 0.15) is 15.9 Å². The van der Waals surface area contributed by atoms with Crippen molar-refractivity contribution in [2.75, 3.05) is 4.72 Å². The Balaban J connectivity index is 2.21. The predicted molar refractivity (Wildman–Crippen MR) is 94.5 cm³/mol. The quantitative estimate of drug-likeness (QED) is 0.650. The molecule has 0 saturated carbocycles. The van der Waals surface area contributed by atoms with E-state index in [1.54, 1.807) is 12.1 Å². The number of fused-ring (bicyclic) bond motifs is 1. The van der Waals surface area contributed by atoms with E-state index in [2.05, 4.69) is 4.72 Å². The molecule has 0 aromatic heterocycles. The van der Waals surface area contributed by atoms with E-state index in [0.29, 0.717) is 0 Å². The van der Waals surface area contributed by atoms with Crippen molar-refractivity contribution in [2.24, 2.45) is 0 Å². The van der Waals surface area contributed by atoms with E-state index in [1.165, 1.54) is 36.4 Å². The predicted octanol–water partition coefficient (Wildman–Crippen LogP) is 2.92. The highest BCUT2D eigenvalue weighted by molar-refractivity contribution is 7.93. The molecule has 3 aromatic rings. The van der Waals surface area contributed by atoms with E-state index in [9.17, 15) is 23.4 Å². The Bertz CT molecular complexity index is 1180. The number of phenols is 1. The van der Waals surface area contributed by atoms with Gasteiger partial charge in [-0.1, -0.05) is 30.3 Å². The minimum Gasteiger partial charge on any atom is -0.506 e. The highest BCUT2D eigenvalue weighted by atomic mass is 32.2. The summed E-state index contributed by atoms with van der Waals surface area (Å²) in [6, 6.07) is 14.8. The zero-order valence-electron chi connectivity index (χ0n) is 13.2. The van der Waals surface area contributed by atoms with Crippen LogP contribution in [-0.2, 0) is 10.0 Å². The Morgan fingerprint density at radius 1 is 1.04 bits per heavy atom. The lowest BCUT2D eigenvalue weighted by molar-refractivity contribution is 0.0694. The number of carboxylic acid groups (broad SMARTS) is 1. The number of nitrogens with zero attached hydrogens (tertiary/aromatic N) is 1. The molecule has 0 unspecified atom stereocenters. The van der Waals surface area contributed by atoms with Crippen molar-refractivity contribution >= 4 is 32.5 Å². The van der Waals surface area contributed by atoms with E-state index in [-0.39, 0.29) is 26.9 Å². The van der Waals surface area contributed by atoms with Crippen LogP contribution < -0.4 is 4.72 Å². The number of carbonyl (C=O) groups is 1. The number of sulfonamides is 1. The van der Waals surface area contributed by atoms with E-state index in [1.807, 2.05) is 6.07 Å². The Morgan fingerprint density at radius 2 is 1.73 bits per heavy atom. The number of rotatable bonds is 4. The van der Waals surface area contributed by atoms with Gasteiger partial charge in [-0.25, -0.2) is 13.2 Å². The van der Waals surface area contributed by atoms with Crippen LogP contribution in [0.2, 0.25) is 0 Å². The van der Waals surface area contributed by atoms with Crippen molar-refractivity contribution in [1.29, 1.82) is 5.26 Å². The molecule has 0 spiro atoms. The summed E-state index contributed by atoms with van der Waals surface area (Å²) in [5, 5.41) is 28.6. The second-order valence-corrected chi connectivity index (χ2v) is 7.07. The lowest BCUT2D eigenvalue weighted by Crippen LogP contribution is -2.14. The largest absolute Gasteiger partial charge is 0.506 e. The molecule has 3 rings (SSSR count). The van der Waals surface area contributed by atoms with Crippen LogP contribution in [0, 0.1) is 11.3 Å². The average molecular weight is 368 g/mol. The number of hydrogen-bond donors (Lipinski definition) is 3. The molecule has 0 saturated heterocycles. The fraction of sp³-hybridized carbons (Fsp3) is 0. The molecule has 0 fully saturated rings. The molecule has 0 radical (unpaired) electrons. The second kappa shape index (κ2) is 6.38. The molecular formula is C18H12N2O5S. The maximum Gasteiger partial charge on any atom is 0.339 e. The van der Waals surface area contributed by atoms with E-state index in [4.69, 9.17) is 5.26 Å². The molecule has 3 aromatic carbocycles. The van der Waals surface area contributed by atoms with Gasteiger partial charge >= 0.3 is 5.97 Å². The van der Waals surface area contributed by atoms with Crippen molar-refractivity contribution in [3.05, 3.63) is 65.7 Å². The molecule has 0 heterocycles. The van der Waals surface area contributed by atoms with Gasteiger partial charge in [0.2, 0.25) is 0 Å². The normalized spacial score (nSPS) is 11.0. The lowest BCUT2D eigenvalue weighted by Gasteiger charge is -2.13. The molecule has 7 nitrogen and oxygen atoms in total. The highest BCUT2D eigenvalue weighted by Gasteiger charge is 2.24. The number of aromatic hydroxyl groups is 1. The maximum atomic E-state index is 12.8. The number of nitrogens with one attached hydrogen (secondary N) is 1. The third-order valence-electron chi connectivity index (χ3n) is 3.74. The fourth-order valence-electron chi connectivity index (χ4n) is 2.57. The van der Waals surface area contributed by atoms with Gasteiger partial charge in [0.1, 0.15) is 11.3 Å². The Kier molecular flexibility index (Phi) is 4.24. The molecule has 8 heteroatoms. The smallest absolute Gasteiger partial charge is 0.339 e. The zero-order chi connectivity index (χ0) is 18.9. The highest BCUT2D eigenvalue weighted by Crippen LogP contribution is 2.34. The zero-order valence-corrected chi connectivity index (χ0v) is 14.0. The Morgan fingerprint density at radius 3 is 2.38 bits per heavy atom.